The van der Waals surface area contributed by atoms with Crippen molar-refractivity contribution in [2.24, 2.45) is 4.99 Å². The fourth-order valence-corrected chi connectivity index (χ4v) is 2.96. The highest BCUT2D eigenvalue weighted by Crippen LogP contribution is 2.31. The first-order valence-corrected chi connectivity index (χ1v) is 8.29. The summed E-state index contributed by atoms with van der Waals surface area (Å²) < 4.78 is 5.74. The van der Waals surface area contributed by atoms with E-state index in [1.807, 2.05) is 37.4 Å². The Hall–Kier alpha value is -2.67. The lowest BCUT2D eigenvalue weighted by molar-refractivity contribution is -0.128. The van der Waals surface area contributed by atoms with E-state index in [1.54, 1.807) is 14.1 Å². The predicted octanol–water partition coefficient (Wildman–Crippen LogP) is 1.62. The maximum atomic E-state index is 12.3. The van der Waals surface area contributed by atoms with Gasteiger partial charge < -0.3 is 15.0 Å². The first-order valence-electron chi connectivity index (χ1n) is 8.29. The van der Waals surface area contributed by atoms with Crippen LogP contribution < -0.4 is 5.32 Å². The van der Waals surface area contributed by atoms with Gasteiger partial charge in [0.1, 0.15) is 0 Å². The highest BCUT2D eigenvalue weighted by Gasteiger charge is 2.38. The Morgan fingerprint density at radius 2 is 2.20 bits per heavy atom. The molecule has 0 aliphatic carbocycles. The molecule has 0 unspecified atom stereocenters. The Kier molecular flexibility index (Phi) is 4.85. The van der Waals surface area contributed by atoms with Gasteiger partial charge in [0.15, 0.2) is 6.10 Å². The van der Waals surface area contributed by atoms with Crippen LogP contribution in [-0.4, -0.2) is 54.5 Å². The number of hydrogen-bond donors (Lipinski definition) is 2. The fourth-order valence-electron chi connectivity index (χ4n) is 2.96. The van der Waals surface area contributed by atoms with Crippen molar-refractivity contribution in [2.45, 2.75) is 25.4 Å². The quantitative estimate of drug-likeness (QED) is 0.864. The molecule has 0 radical (unpaired) electrons. The molecule has 0 saturated heterocycles. The fraction of sp³-hybridized carbons (Fsp3) is 0.389. The van der Waals surface area contributed by atoms with Crippen LogP contribution >= 0.6 is 0 Å². The van der Waals surface area contributed by atoms with Crippen LogP contribution in [-0.2, 0) is 14.3 Å². The van der Waals surface area contributed by atoms with Gasteiger partial charge in [-0.2, -0.15) is 4.99 Å². The average Bonchev–Trinajstić information content (AvgIpc) is 3.22. The lowest BCUT2D eigenvalue weighted by Gasteiger charge is -2.20. The maximum absolute atomic E-state index is 12.3. The van der Waals surface area contributed by atoms with Crippen molar-refractivity contribution in [1.82, 2.24) is 15.2 Å². The molecule has 0 fully saturated rings. The van der Waals surface area contributed by atoms with Crippen molar-refractivity contribution < 1.29 is 14.3 Å². The number of para-hydroxylation sites is 1. The molecule has 1 aromatic heterocycles. The number of nitrogens with one attached hydrogen (secondary N) is 2. The number of nitrogens with zero attached hydrogens (tertiary/aromatic N) is 2. The summed E-state index contributed by atoms with van der Waals surface area (Å²) >= 11 is 0. The van der Waals surface area contributed by atoms with E-state index < -0.39 is 6.10 Å². The highest BCUT2D eigenvalue weighted by atomic mass is 16.5. The number of aromatic amines is 1. The van der Waals surface area contributed by atoms with E-state index in [2.05, 4.69) is 15.3 Å². The molecule has 1 aromatic carbocycles. The van der Waals surface area contributed by atoms with Gasteiger partial charge in [-0.1, -0.05) is 25.1 Å². The van der Waals surface area contributed by atoms with Gasteiger partial charge in [-0.15, -0.1) is 0 Å². The lowest BCUT2D eigenvalue weighted by atomic mass is 9.94. The zero-order chi connectivity index (χ0) is 18.0. The van der Waals surface area contributed by atoms with Gasteiger partial charge in [0.25, 0.3) is 5.91 Å². The number of carbonyl (C=O) groups excluding carboxylic acids is 2. The van der Waals surface area contributed by atoms with Crippen molar-refractivity contribution in [2.75, 3.05) is 20.6 Å². The third-order valence-electron chi connectivity index (χ3n) is 4.50. The Morgan fingerprint density at radius 1 is 1.44 bits per heavy atom. The third kappa shape index (κ3) is 3.28. The minimum atomic E-state index is -0.728. The molecule has 3 rings (SSSR count). The number of aliphatic imine (C=N–C) groups is 1. The van der Waals surface area contributed by atoms with Gasteiger partial charge in [0, 0.05) is 43.0 Å². The van der Waals surface area contributed by atoms with Gasteiger partial charge in [0.05, 0.1) is 0 Å². The normalized spacial score (nSPS) is 18.1. The second-order valence-electron chi connectivity index (χ2n) is 6.16. The van der Waals surface area contributed by atoms with Crippen LogP contribution in [0.4, 0.5) is 0 Å². The van der Waals surface area contributed by atoms with Gasteiger partial charge in [-0.05, 0) is 18.7 Å². The average molecular weight is 342 g/mol. The summed E-state index contributed by atoms with van der Waals surface area (Å²) in [6.45, 7) is 2.49. The Morgan fingerprint density at radius 3 is 2.96 bits per heavy atom. The summed E-state index contributed by atoms with van der Waals surface area (Å²) in [6, 6.07) is 7.98. The van der Waals surface area contributed by atoms with Crippen molar-refractivity contribution >= 4 is 28.7 Å². The second kappa shape index (κ2) is 7.06. The van der Waals surface area contributed by atoms with Gasteiger partial charge >= 0.3 is 6.02 Å². The Labute approximate surface area is 146 Å². The van der Waals surface area contributed by atoms with Crippen molar-refractivity contribution in [1.29, 1.82) is 0 Å². The number of rotatable bonds is 5. The molecule has 2 heterocycles. The van der Waals surface area contributed by atoms with Gasteiger partial charge in [-0.3, -0.25) is 14.5 Å². The molecule has 7 nitrogen and oxygen atoms in total. The summed E-state index contributed by atoms with van der Waals surface area (Å²) in [5.74, 6) is -0.701. The summed E-state index contributed by atoms with van der Waals surface area (Å²) in [7, 11) is 3.35. The largest absolute Gasteiger partial charge is 0.450 e. The van der Waals surface area contributed by atoms with Gasteiger partial charge in [-0.25, -0.2) is 0 Å². The van der Waals surface area contributed by atoms with Crippen LogP contribution in [0.3, 0.4) is 0 Å². The molecule has 2 atom stereocenters. The van der Waals surface area contributed by atoms with Gasteiger partial charge in [0.2, 0.25) is 5.91 Å². The first kappa shape index (κ1) is 17.2. The van der Waals surface area contributed by atoms with Crippen LogP contribution in [0.15, 0.2) is 35.5 Å². The van der Waals surface area contributed by atoms with E-state index in [-0.39, 0.29) is 23.8 Å². The molecule has 2 amide bonds. The molecule has 2 N–H and O–H groups in total. The number of H-pyrrole nitrogens is 1. The second-order valence-corrected chi connectivity index (χ2v) is 6.16. The molecule has 2 aromatic rings. The van der Waals surface area contributed by atoms with Crippen LogP contribution in [0.1, 0.15) is 24.8 Å². The minimum Gasteiger partial charge on any atom is -0.450 e. The highest BCUT2D eigenvalue weighted by molar-refractivity contribution is 6.04. The molecule has 1 aliphatic rings. The zero-order valence-electron chi connectivity index (χ0n) is 14.6. The predicted molar refractivity (Wildman–Crippen MR) is 95.3 cm³/mol. The monoisotopic (exact) mass is 342 g/mol. The minimum absolute atomic E-state index is 0.0720. The van der Waals surface area contributed by atoms with E-state index in [0.717, 1.165) is 16.5 Å². The molecule has 0 spiro atoms. The summed E-state index contributed by atoms with van der Waals surface area (Å²) in [5.41, 5.74) is 2.00. The number of aromatic nitrogens is 1. The molecule has 7 heteroatoms. The summed E-state index contributed by atoms with van der Waals surface area (Å²) in [6.07, 6.45) is 1.48. The van der Waals surface area contributed by atoms with Crippen molar-refractivity contribution in [3.63, 3.8) is 0 Å². The number of carbonyl (C=O) groups is 2. The first-order chi connectivity index (χ1) is 12.0. The Bertz CT molecular complexity index is 827. The molecule has 132 valence electrons. The van der Waals surface area contributed by atoms with Crippen molar-refractivity contribution in [3.8, 4) is 0 Å². The zero-order valence-corrected chi connectivity index (χ0v) is 14.6. The van der Waals surface area contributed by atoms with E-state index in [9.17, 15) is 9.59 Å². The number of fused-ring (bicyclic) bond motifs is 1. The number of amidine groups is 1. The van der Waals surface area contributed by atoms with E-state index in [0.29, 0.717) is 13.0 Å². The topological polar surface area (TPSA) is 86.8 Å². The number of hydrogen-bond acceptors (Lipinski definition) is 4. The Balaban J connectivity index is 1.75. The van der Waals surface area contributed by atoms with E-state index in [4.69, 9.17) is 4.74 Å². The third-order valence-corrected chi connectivity index (χ3v) is 4.50. The van der Waals surface area contributed by atoms with Crippen LogP contribution in [0.5, 0.6) is 0 Å². The van der Waals surface area contributed by atoms with Crippen LogP contribution in [0.25, 0.3) is 10.9 Å². The molecule has 1 aliphatic heterocycles. The van der Waals surface area contributed by atoms with Crippen LogP contribution in [0.2, 0.25) is 0 Å². The van der Waals surface area contributed by atoms with E-state index >= 15 is 0 Å². The molecular formula is C18H22N4O3. The summed E-state index contributed by atoms with van der Waals surface area (Å²) in [5, 5.41) is 3.97. The molecule has 25 heavy (non-hydrogen) atoms. The molecular weight excluding hydrogens is 320 g/mol. The number of amides is 2. The summed E-state index contributed by atoms with van der Waals surface area (Å²) in [4.78, 5) is 32.9. The molecule has 0 saturated carbocycles. The smallest absolute Gasteiger partial charge is 0.302 e. The van der Waals surface area contributed by atoms with E-state index in [1.165, 1.54) is 4.90 Å². The number of ether oxygens (including phenoxy) is 1. The number of benzene rings is 1. The SMILES string of the molecule is CNCCC(=O)N(C)C1=NC(=O)[C@H]([C@H](C)c2c[nH]c3ccccc23)O1. The van der Waals surface area contributed by atoms with Crippen molar-refractivity contribution in [3.05, 3.63) is 36.0 Å². The standard InChI is InChI=1S/C18H22N4O3/c1-11(13-10-20-14-7-5-4-6-12(13)14)16-17(24)21-18(25-16)22(3)15(23)8-9-19-2/h4-7,10-11,16,19-20H,8-9H2,1-3H3/t11-,16+/m1/s1. The lowest BCUT2D eigenvalue weighted by Crippen LogP contribution is -2.36. The maximum Gasteiger partial charge on any atom is 0.302 e. The van der Waals surface area contributed by atoms with Crippen LogP contribution in [0, 0.1) is 0 Å². The molecule has 0 bridgehead atoms.